The van der Waals surface area contributed by atoms with Crippen LogP contribution < -0.4 is 5.32 Å². The number of amides is 1. The molecule has 0 bridgehead atoms. The summed E-state index contributed by atoms with van der Waals surface area (Å²) in [7, 11) is -3.69. The molecule has 146 valence electrons. The number of nitrogens with zero attached hydrogens (tertiary/aromatic N) is 2. The second-order valence-corrected chi connectivity index (χ2v) is 8.69. The Morgan fingerprint density at radius 3 is 2.82 bits per heavy atom. The highest BCUT2D eigenvalue weighted by atomic mass is 32.2. The maximum Gasteiger partial charge on any atom is 0.285 e. The maximum absolute atomic E-state index is 13.3. The van der Waals surface area contributed by atoms with E-state index in [0.29, 0.717) is 42.2 Å². The monoisotopic (exact) mass is 401 g/mol. The molecule has 0 spiro atoms. The van der Waals surface area contributed by atoms with Crippen molar-refractivity contribution in [2.45, 2.75) is 24.7 Å². The Balaban J connectivity index is 1.53. The molecule has 2 aliphatic rings. The van der Waals surface area contributed by atoms with E-state index in [9.17, 15) is 17.6 Å². The molecule has 8 heteroatoms. The van der Waals surface area contributed by atoms with Crippen molar-refractivity contribution in [3.05, 3.63) is 59.4 Å². The van der Waals surface area contributed by atoms with E-state index in [0.717, 1.165) is 6.42 Å². The quantitative estimate of drug-likeness (QED) is 0.839. The molecule has 0 aliphatic carbocycles. The van der Waals surface area contributed by atoms with Crippen LogP contribution >= 0.6 is 0 Å². The summed E-state index contributed by atoms with van der Waals surface area (Å²) in [6.45, 7) is 2.76. The van der Waals surface area contributed by atoms with Crippen molar-refractivity contribution >= 4 is 27.5 Å². The second kappa shape index (κ2) is 7.01. The van der Waals surface area contributed by atoms with Crippen LogP contribution in [0.2, 0.25) is 0 Å². The molecule has 1 saturated heterocycles. The average molecular weight is 401 g/mol. The van der Waals surface area contributed by atoms with Crippen molar-refractivity contribution in [2.75, 3.05) is 18.4 Å². The van der Waals surface area contributed by atoms with Crippen LogP contribution in [0, 0.1) is 18.7 Å². The summed E-state index contributed by atoms with van der Waals surface area (Å²) in [4.78, 5) is 14.8. The number of hydrogen-bond acceptors (Lipinski definition) is 4. The molecule has 2 aromatic rings. The van der Waals surface area contributed by atoms with E-state index in [-0.39, 0.29) is 22.5 Å². The fourth-order valence-corrected chi connectivity index (χ4v) is 4.93. The van der Waals surface area contributed by atoms with Crippen LogP contribution in [0.1, 0.15) is 24.0 Å². The first kappa shape index (κ1) is 18.6. The molecule has 2 heterocycles. The zero-order valence-electron chi connectivity index (χ0n) is 15.4. The third kappa shape index (κ3) is 3.40. The van der Waals surface area contributed by atoms with Gasteiger partial charge in [0.05, 0.1) is 5.92 Å². The van der Waals surface area contributed by atoms with E-state index >= 15 is 0 Å². The van der Waals surface area contributed by atoms with Crippen molar-refractivity contribution in [2.24, 2.45) is 10.3 Å². The van der Waals surface area contributed by atoms with E-state index in [1.54, 1.807) is 37.3 Å². The van der Waals surface area contributed by atoms with E-state index in [2.05, 4.69) is 9.71 Å². The lowest BCUT2D eigenvalue weighted by Crippen LogP contribution is -2.43. The van der Waals surface area contributed by atoms with Gasteiger partial charge in [-0.25, -0.2) is 4.39 Å². The number of sulfonamides is 1. The number of carbonyl (C=O) groups excluding carboxylic acids is 1. The number of likely N-dealkylation sites (tertiary alicyclic amines) is 1. The molecule has 2 aliphatic heterocycles. The lowest BCUT2D eigenvalue weighted by molar-refractivity contribution is -0.121. The largest absolute Gasteiger partial charge is 0.355 e. The zero-order chi connectivity index (χ0) is 19.9. The highest BCUT2D eigenvalue weighted by Gasteiger charge is 2.35. The Morgan fingerprint density at radius 2 is 2.04 bits per heavy atom. The summed E-state index contributed by atoms with van der Waals surface area (Å²) in [5, 5.41) is 2.86. The predicted octanol–water partition coefficient (Wildman–Crippen LogP) is 2.93. The Kier molecular flexibility index (Phi) is 4.66. The van der Waals surface area contributed by atoms with Crippen LogP contribution in [0.25, 0.3) is 0 Å². The number of amidine groups is 1. The first-order valence-corrected chi connectivity index (χ1v) is 10.6. The van der Waals surface area contributed by atoms with Gasteiger partial charge >= 0.3 is 0 Å². The average Bonchev–Trinajstić information content (AvgIpc) is 2.96. The van der Waals surface area contributed by atoms with Gasteiger partial charge in [-0.3, -0.25) is 4.79 Å². The van der Waals surface area contributed by atoms with Crippen LogP contribution in [0.3, 0.4) is 0 Å². The number of benzene rings is 2. The van der Waals surface area contributed by atoms with Crippen LogP contribution in [0.15, 0.2) is 51.8 Å². The molecule has 28 heavy (non-hydrogen) atoms. The van der Waals surface area contributed by atoms with Gasteiger partial charge < -0.3 is 10.2 Å². The molecule has 0 aromatic heterocycles. The van der Waals surface area contributed by atoms with Gasteiger partial charge in [0, 0.05) is 24.3 Å². The molecule has 1 N–H and O–H groups in total. The fourth-order valence-electron chi connectivity index (χ4n) is 3.70. The predicted molar refractivity (Wildman–Crippen MR) is 104 cm³/mol. The standard InChI is InChI=1S/C20H20FN3O3S/c1-13-11-15(21)8-9-17(13)22-20(25)14-5-4-10-24(12-14)19-16-6-2-3-7-18(16)28(26,27)23-19/h2-3,6-9,11,14H,4-5,10,12H2,1H3,(H,22,25). The highest BCUT2D eigenvalue weighted by Crippen LogP contribution is 2.30. The van der Waals surface area contributed by atoms with Crippen molar-refractivity contribution < 1.29 is 17.6 Å². The SMILES string of the molecule is Cc1cc(F)ccc1NC(=O)C1CCCN(C2=NS(=O)(=O)c3ccccc32)C1. The molecule has 0 radical (unpaired) electrons. The zero-order valence-corrected chi connectivity index (χ0v) is 16.2. The number of nitrogens with one attached hydrogen (secondary N) is 1. The Labute approximate surface area is 163 Å². The molecule has 4 rings (SSSR count). The Bertz CT molecular complexity index is 1080. The highest BCUT2D eigenvalue weighted by molar-refractivity contribution is 7.90. The summed E-state index contributed by atoms with van der Waals surface area (Å²) in [5.41, 5.74) is 1.81. The molecule has 1 amide bonds. The van der Waals surface area contributed by atoms with E-state index < -0.39 is 10.0 Å². The number of fused-ring (bicyclic) bond motifs is 1. The van der Waals surface area contributed by atoms with Gasteiger partial charge in [-0.2, -0.15) is 8.42 Å². The molecule has 1 fully saturated rings. The van der Waals surface area contributed by atoms with Gasteiger partial charge in [0.15, 0.2) is 5.84 Å². The van der Waals surface area contributed by atoms with E-state index in [1.165, 1.54) is 12.1 Å². The molecule has 1 unspecified atom stereocenters. The van der Waals surface area contributed by atoms with Gasteiger partial charge in [0.25, 0.3) is 10.0 Å². The number of aryl methyl sites for hydroxylation is 1. The van der Waals surface area contributed by atoms with Crippen LogP contribution in [0.4, 0.5) is 10.1 Å². The summed E-state index contributed by atoms with van der Waals surface area (Å²) < 4.78 is 41.8. The second-order valence-electron chi connectivity index (χ2n) is 7.12. The van der Waals surface area contributed by atoms with Crippen LogP contribution in [0.5, 0.6) is 0 Å². The number of anilines is 1. The van der Waals surface area contributed by atoms with E-state index in [1.807, 2.05) is 4.90 Å². The van der Waals surface area contributed by atoms with Gasteiger partial charge in [0.2, 0.25) is 5.91 Å². The van der Waals surface area contributed by atoms with Gasteiger partial charge in [0.1, 0.15) is 10.7 Å². The molecule has 6 nitrogen and oxygen atoms in total. The summed E-state index contributed by atoms with van der Waals surface area (Å²) in [6, 6.07) is 11.0. The third-order valence-corrected chi connectivity index (χ3v) is 6.48. The van der Waals surface area contributed by atoms with Gasteiger partial charge in [-0.15, -0.1) is 4.40 Å². The number of rotatable bonds is 2. The van der Waals surface area contributed by atoms with Crippen molar-refractivity contribution in [3.8, 4) is 0 Å². The minimum absolute atomic E-state index is 0.158. The fraction of sp³-hybridized carbons (Fsp3) is 0.300. The summed E-state index contributed by atoms with van der Waals surface area (Å²) >= 11 is 0. The third-order valence-electron chi connectivity index (χ3n) is 5.15. The minimum atomic E-state index is -3.69. The van der Waals surface area contributed by atoms with E-state index in [4.69, 9.17) is 0 Å². The number of piperidine rings is 1. The molecular formula is C20H20FN3O3S. The smallest absolute Gasteiger partial charge is 0.285 e. The lowest BCUT2D eigenvalue weighted by Gasteiger charge is -2.33. The summed E-state index contributed by atoms with van der Waals surface area (Å²) in [5.74, 6) is -0.407. The van der Waals surface area contributed by atoms with Crippen LogP contribution in [-0.2, 0) is 14.8 Å². The van der Waals surface area contributed by atoms with Crippen molar-refractivity contribution in [3.63, 3.8) is 0 Å². The summed E-state index contributed by atoms with van der Waals surface area (Å²) in [6.07, 6.45) is 1.45. The minimum Gasteiger partial charge on any atom is -0.355 e. The topological polar surface area (TPSA) is 78.8 Å². The van der Waals surface area contributed by atoms with Crippen LogP contribution in [-0.4, -0.2) is 38.2 Å². The number of carbonyl (C=O) groups is 1. The van der Waals surface area contributed by atoms with Crippen molar-refractivity contribution in [1.29, 1.82) is 0 Å². The normalized spacial score (nSPS) is 20.4. The first-order chi connectivity index (χ1) is 13.3. The maximum atomic E-state index is 13.3. The molecule has 2 aromatic carbocycles. The van der Waals surface area contributed by atoms with Gasteiger partial charge in [-0.1, -0.05) is 12.1 Å². The Hall–Kier alpha value is -2.74. The molecule has 1 atom stereocenters. The Morgan fingerprint density at radius 1 is 1.25 bits per heavy atom. The molecular weight excluding hydrogens is 381 g/mol. The lowest BCUT2D eigenvalue weighted by atomic mass is 9.96. The number of hydrogen-bond donors (Lipinski definition) is 1. The van der Waals surface area contributed by atoms with Crippen molar-refractivity contribution in [1.82, 2.24) is 4.90 Å². The first-order valence-electron chi connectivity index (χ1n) is 9.11. The van der Waals surface area contributed by atoms with Gasteiger partial charge in [-0.05, 0) is 55.7 Å². The molecule has 0 saturated carbocycles. The number of halogens is 1.